The van der Waals surface area contributed by atoms with Crippen LogP contribution in [-0.2, 0) is 10.8 Å². The van der Waals surface area contributed by atoms with E-state index in [9.17, 15) is 4.21 Å². The number of aromatic nitrogens is 2. The fourth-order valence-electron chi connectivity index (χ4n) is 0.823. The molecule has 0 saturated heterocycles. The van der Waals surface area contributed by atoms with E-state index in [1.165, 1.54) is 6.33 Å². The minimum Gasteiger partial charge on any atom is -0.396 e. The van der Waals surface area contributed by atoms with Crippen LogP contribution in [-0.4, -0.2) is 31.6 Å². The summed E-state index contributed by atoms with van der Waals surface area (Å²) in [7, 11) is -0.983. The first-order chi connectivity index (χ1) is 5.84. The third-order valence-electron chi connectivity index (χ3n) is 1.46. The zero-order valence-corrected chi connectivity index (χ0v) is 7.51. The van der Waals surface area contributed by atoms with Gasteiger partial charge in [0.25, 0.3) is 0 Å². The number of H-pyrrole nitrogens is 1. The van der Waals surface area contributed by atoms with Crippen molar-refractivity contribution < 1.29 is 9.32 Å². The van der Waals surface area contributed by atoms with Crippen LogP contribution in [0.4, 0.5) is 0 Å². The van der Waals surface area contributed by atoms with Crippen LogP contribution >= 0.6 is 0 Å². The first kappa shape index (κ1) is 9.41. The Balaban J connectivity index is 2.30. The molecule has 2 N–H and O–H groups in total. The number of imidazole rings is 1. The number of aliphatic hydroxyl groups is 1. The molecule has 5 heteroatoms. The Morgan fingerprint density at radius 1 is 1.58 bits per heavy atom. The van der Waals surface area contributed by atoms with Crippen LogP contribution in [0.25, 0.3) is 0 Å². The lowest BCUT2D eigenvalue weighted by Gasteiger charge is -1.96. The lowest BCUT2D eigenvalue weighted by Crippen LogP contribution is -1.99. The SMILES string of the molecule is O=S(CCCCO)c1cnc[nH]1. The van der Waals surface area contributed by atoms with Gasteiger partial charge < -0.3 is 10.1 Å². The number of hydrogen-bond acceptors (Lipinski definition) is 3. The summed E-state index contributed by atoms with van der Waals surface area (Å²) in [5.41, 5.74) is 0. The fraction of sp³-hybridized carbons (Fsp3) is 0.571. The maximum atomic E-state index is 11.3. The quantitative estimate of drug-likeness (QED) is 0.653. The van der Waals surface area contributed by atoms with Gasteiger partial charge in [0, 0.05) is 12.4 Å². The van der Waals surface area contributed by atoms with Crippen LogP contribution in [0.3, 0.4) is 0 Å². The second-order valence-electron chi connectivity index (χ2n) is 2.40. The lowest BCUT2D eigenvalue weighted by molar-refractivity contribution is 0.287. The van der Waals surface area contributed by atoms with E-state index in [-0.39, 0.29) is 6.61 Å². The Labute approximate surface area is 73.5 Å². The minimum atomic E-state index is -0.983. The van der Waals surface area contributed by atoms with Gasteiger partial charge in [-0.3, -0.25) is 4.21 Å². The van der Waals surface area contributed by atoms with Crippen molar-refractivity contribution in [1.29, 1.82) is 0 Å². The Bertz CT molecular complexity index is 236. The lowest BCUT2D eigenvalue weighted by atomic mass is 10.4. The largest absolute Gasteiger partial charge is 0.396 e. The average molecular weight is 188 g/mol. The number of hydrogen-bond donors (Lipinski definition) is 2. The summed E-state index contributed by atoms with van der Waals surface area (Å²) in [4.78, 5) is 6.56. The molecule has 0 aromatic carbocycles. The molecule has 0 aliphatic carbocycles. The highest BCUT2D eigenvalue weighted by molar-refractivity contribution is 7.84. The predicted octanol–water partition coefficient (Wildman–Crippen LogP) is 0.290. The maximum Gasteiger partial charge on any atom is 0.123 e. The van der Waals surface area contributed by atoms with Gasteiger partial charge >= 0.3 is 0 Å². The van der Waals surface area contributed by atoms with Crippen LogP contribution in [0.15, 0.2) is 17.6 Å². The van der Waals surface area contributed by atoms with Crippen LogP contribution in [0.2, 0.25) is 0 Å². The molecular weight excluding hydrogens is 176 g/mol. The molecule has 0 aliphatic rings. The highest BCUT2D eigenvalue weighted by Gasteiger charge is 2.03. The van der Waals surface area contributed by atoms with Gasteiger partial charge in [0.15, 0.2) is 0 Å². The molecule has 0 aliphatic heterocycles. The monoisotopic (exact) mass is 188 g/mol. The average Bonchev–Trinajstić information content (AvgIpc) is 2.56. The van der Waals surface area contributed by atoms with E-state index < -0.39 is 10.8 Å². The molecule has 0 fully saturated rings. The van der Waals surface area contributed by atoms with Crippen molar-refractivity contribution in [2.75, 3.05) is 12.4 Å². The second kappa shape index (κ2) is 5.05. The molecule has 0 radical (unpaired) electrons. The van der Waals surface area contributed by atoms with Gasteiger partial charge in [-0.15, -0.1) is 0 Å². The van der Waals surface area contributed by atoms with Crippen molar-refractivity contribution in [2.24, 2.45) is 0 Å². The second-order valence-corrected chi connectivity index (χ2v) is 3.94. The molecule has 68 valence electrons. The first-order valence-corrected chi connectivity index (χ1v) is 5.14. The van der Waals surface area contributed by atoms with Crippen molar-refractivity contribution in [2.45, 2.75) is 17.9 Å². The summed E-state index contributed by atoms with van der Waals surface area (Å²) in [6, 6.07) is 0. The zero-order valence-electron chi connectivity index (χ0n) is 6.69. The zero-order chi connectivity index (χ0) is 8.81. The normalized spacial score (nSPS) is 13.1. The molecule has 0 amide bonds. The van der Waals surface area contributed by atoms with Gasteiger partial charge in [0.05, 0.1) is 23.3 Å². The van der Waals surface area contributed by atoms with Crippen LogP contribution < -0.4 is 0 Å². The molecule has 0 saturated carbocycles. The summed E-state index contributed by atoms with van der Waals surface area (Å²) < 4.78 is 11.3. The van der Waals surface area contributed by atoms with E-state index in [4.69, 9.17) is 5.11 Å². The Hall–Kier alpha value is -0.680. The molecule has 4 nitrogen and oxygen atoms in total. The number of rotatable bonds is 5. The third-order valence-corrected chi connectivity index (χ3v) is 2.83. The van der Waals surface area contributed by atoms with E-state index in [1.807, 2.05) is 0 Å². The summed E-state index contributed by atoms with van der Waals surface area (Å²) in [5, 5.41) is 9.15. The van der Waals surface area contributed by atoms with Crippen LogP contribution in [0, 0.1) is 0 Å². The van der Waals surface area contributed by atoms with Gasteiger partial charge in [0.1, 0.15) is 5.03 Å². The van der Waals surface area contributed by atoms with Crippen LogP contribution in [0.5, 0.6) is 0 Å². The summed E-state index contributed by atoms with van der Waals surface area (Å²) in [6.45, 7) is 0.167. The predicted molar refractivity (Wildman–Crippen MR) is 46.2 cm³/mol. The van der Waals surface area contributed by atoms with E-state index >= 15 is 0 Å². The van der Waals surface area contributed by atoms with Crippen LogP contribution in [0.1, 0.15) is 12.8 Å². The highest BCUT2D eigenvalue weighted by atomic mass is 32.2. The van der Waals surface area contributed by atoms with Gasteiger partial charge in [-0.2, -0.15) is 0 Å². The molecule has 0 spiro atoms. The number of unbranched alkanes of at least 4 members (excludes halogenated alkanes) is 1. The van der Waals surface area contributed by atoms with Crippen molar-refractivity contribution in [3.8, 4) is 0 Å². The Morgan fingerprint density at radius 2 is 2.42 bits per heavy atom. The van der Waals surface area contributed by atoms with E-state index in [0.29, 0.717) is 17.2 Å². The van der Waals surface area contributed by atoms with Gasteiger partial charge in [-0.25, -0.2) is 4.98 Å². The Morgan fingerprint density at radius 3 is 3.00 bits per heavy atom. The fourth-order valence-corrected chi connectivity index (χ4v) is 1.87. The molecule has 0 bridgehead atoms. The van der Waals surface area contributed by atoms with E-state index in [1.54, 1.807) is 6.20 Å². The summed E-state index contributed by atoms with van der Waals surface area (Å²) in [6.07, 6.45) is 4.57. The standard InChI is InChI=1S/C7H12N2O2S/c10-3-1-2-4-12(11)7-5-8-6-9-7/h5-6,10H,1-4H2,(H,8,9). The highest BCUT2D eigenvalue weighted by Crippen LogP contribution is 2.02. The number of aliphatic hydroxyl groups excluding tert-OH is 1. The van der Waals surface area contributed by atoms with Crippen molar-refractivity contribution in [1.82, 2.24) is 9.97 Å². The number of nitrogens with one attached hydrogen (secondary N) is 1. The molecule has 1 unspecified atom stereocenters. The first-order valence-electron chi connectivity index (χ1n) is 3.82. The van der Waals surface area contributed by atoms with Gasteiger partial charge in [0.2, 0.25) is 0 Å². The summed E-state index contributed by atoms with van der Waals surface area (Å²) in [5.74, 6) is 0.586. The number of aromatic amines is 1. The third kappa shape index (κ3) is 2.75. The van der Waals surface area contributed by atoms with Crippen molar-refractivity contribution >= 4 is 10.8 Å². The smallest absolute Gasteiger partial charge is 0.123 e. The topological polar surface area (TPSA) is 66.0 Å². The molecule has 1 aromatic rings. The van der Waals surface area contributed by atoms with Crippen molar-refractivity contribution in [3.05, 3.63) is 12.5 Å². The summed E-state index contributed by atoms with van der Waals surface area (Å²) >= 11 is 0. The molecular formula is C7H12N2O2S. The van der Waals surface area contributed by atoms with Gasteiger partial charge in [-0.1, -0.05) is 0 Å². The van der Waals surface area contributed by atoms with Crippen molar-refractivity contribution in [3.63, 3.8) is 0 Å². The molecule has 1 aromatic heterocycles. The molecule has 1 rings (SSSR count). The maximum absolute atomic E-state index is 11.3. The van der Waals surface area contributed by atoms with E-state index in [0.717, 1.165) is 6.42 Å². The minimum absolute atomic E-state index is 0.167. The molecule has 12 heavy (non-hydrogen) atoms. The number of nitrogens with zero attached hydrogens (tertiary/aromatic N) is 1. The van der Waals surface area contributed by atoms with Gasteiger partial charge in [-0.05, 0) is 12.8 Å². The molecule has 1 heterocycles. The molecule has 1 atom stereocenters. The Kier molecular flexibility index (Phi) is 3.96. The van der Waals surface area contributed by atoms with E-state index in [2.05, 4.69) is 9.97 Å².